The summed E-state index contributed by atoms with van der Waals surface area (Å²) in [7, 11) is 0. The molecule has 0 heterocycles. The number of amides is 1. The Morgan fingerprint density at radius 1 is 1.22 bits per heavy atom. The van der Waals surface area contributed by atoms with Gasteiger partial charge in [0.2, 0.25) is 0 Å². The van der Waals surface area contributed by atoms with Crippen LogP contribution in [0.1, 0.15) is 15.9 Å². The van der Waals surface area contributed by atoms with E-state index >= 15 is 0 Å². The summed E-state index contributed by atoms with van der Waals surface area (Å²) in [6.45, 7) is 0.0991. The lowest BCUT2D eigenvalue weighted by Crippen LogP contribution is -2.57. The first kappa shape index (κ1) is 14.9. The second kappa shape index (κ2) is 6.15. The fraction of sp³-hybridized carbons (Fsp3) is 0.417. The molecule has 1 rings (SSSR count). The molecule has 1 aromatic carbocycles. The summed E-state index contributed by atoms with van der Waals surface area (Å²) in [5, 5.41) is 30.2. The maximum Gasteiger partial charge on any atom is 0.252 e. The van der Waals surface area contributed by atoms with E-state index in [0.29, 0.717) is 10.6 Å². The van der Waals surface area contributed by atoms with Crippen molar-refractivity contribution in [2.24, 2.45) is 0 Å². The van der Waals surface area contributed by atoms with E-state index in [1.165, 1.54) is 6.07 Å². The van der Waals surface area contributed by atoms with Crippen LogP contribution >= 0.6 is 11.6 Å². The van der Waals surface area contributed by atoms with Gasteiger partial charge in [-0.3, -0.25) is 4.79 Å². The Morgan fingerprint density at radius 2 is 1.78 bits per heavy atom. The van der Waals surface area contributed by atoms with E-state index < -0.39 is 31.3 Å². The molecule has 0 aliphatic carbocycles. The largest absolute Gasteiger partial charge is 0.394 e. The van der Waals surface area contributed by atoms with Crippen molar-refractivity contribution in [2.45, 2.75) is 12.5 Å². The Kier molecular flexibility index (Phi) is 5.10. The number of aliphatic hydroxyl groups excluding tert-OH is 3. The van der Waals surface area contributed by atoms with E-state index in [9.17, 15) is 4.79 Å². The summed E-state index contributed by atoms with van der Waals surface area (Å²) in [5.41, 5.74) is -0.317. The molecule has 0 spiro atoms. The molecule has 1 aromatic rings. The fourth-order valence-electron chi connectivity index (χ4n) is 1.45. The number of nitrogens with one attached hydrogen (secondary N) is 1. The lowest BCUT2D eigenvalue weighted by Gasteiger charge is -2.28. The third kappa shape index (κ3) is 3.43. The van der Waals surface area contributed by atoms with Crippen LogP contribution in [-0.2, 0) is 0 Å². The Bertz CT molecular complexity index is 404. The molecule has 4 N–H and O–H groups in total. The normalized spacial score (nSPS) is 11.4. The van der Waals surface area contributed by atoms with Gasteiger partial charge in [-0.1, -0.05) is 11.6 Å². The van der Waals surface area contributed by atoms with Gasteiger partial charge in [-0.2, -0.15) is 0 Å². The minimum Gasteiger partial charge on any atom is -0.394 e. The predicted octanol–water partition coefficient (Wildman–Crippen LogP) is 0.0939. The zero-order valence-electron chi connectivity index (χ0n) is 9.98. The second-order valence-electron chi connectivity index (χ2n) is 4.23. The maximum atomic E-state index is 11.9. The molecule has 1 amide bonds. The van der Waals surface area contributed by atoms with Crippen molar-refractivity contribution in [3.63, 3.8) is 0 Å². The van der Waals surface area contributed by atoms with E-state index in [1.807, 2.05) is 0 Å². The van der Waals surface area contributed by atoms with Gasteiger partial charge in [0.15, 0.2) is 0 Å². The molecular formula is C12H16ClNO4. The Hall–Kier alpha value is -1.14. The number of rotatable bonds is 5. The fourth-order valence-corrected chi connectivity index (χ4v) is 1.74. The van der Waals surface area contributed by atoms with E-state index in [0.717, 1.165) is 5.56 Å². The van der Waals surface area contributed by atoms with Crippen LogP contribution in [0.2, 0.25) is 5.02 Å². The van der Waals surface area contributed by atoms with E-state index in [4.69, 9.17) is 26.9 Å². The summed E-state index contributed by atoms with van der Waals surface area (Å²) < 4.78 is 0. The lowest BCUT2D eigenvalue weighted by atomic mass is 10.0. The number of carbonyl (C=O) groups excluding carboxylic acids is 1. The van der Waals surface area contributed by atoms with E-state index in [1.54, 1.807) is 19.1 Å². The number of aryl methyl sites for hydroxylation is 1. The van der Waals surface area contributed by atoms with Crippen LogP contribution < -0.4 is 5.32 Å². The van der Waals surface area contributed by atoms with Gasteiger partial charge in [-0.25, -0.2) is 0 Å². The Morgan fingerprint density at radius 3 is 2.22 bits per heavy atom. The summed E-state index contributed by atoms with van der Waals surface area (Å²) >= 11 is 5.84. The van der Waals surface area contributed by atoms with Gasteiger partial charge in [-0.05, 0) is 30.7 Å². The van der Waals surface area contributed by atoms with Crippen molar-refractivity contribution in [3.8, 4) is 0 Å². The van der Waals surface area contributed by atoms with Crippen molar-refractivity contribution in [1.29, 1.82) is 0 Å². The van der Waals surface area contributed by atoms with Crippen molar-refractivity contribution in [3.05, 3.63) is 34.3 Å². The van der Waals surface area contributed by atoms with Crippen LogP contribution in [0, 0.1) is 6.92 Å². The quantitative estimate of drug-likeness (QED) is 0.612. The Labute approximate surface area is 110 Å². The number of hydrogen-bond donors (Lipinski definition) is 4. The molecule has 100 valence electrons. The molecule has 0 saturated heterocycles. The molecule has 0 aromatic heterocycles. The molecule has 0 aliphatic heterocycles. The van der Waals surface area contributed by atoms with Crippen molar-refractivity contribution in [1.82, 2.24) is 5.32 Å². The number of aliphatic hydroxyl groups is 3. The molecule has 0 aliphatic rings. The van der Waals surface area contributed by atoms with Crippen LogP contribution in [0.5, 0.6) is 0 Å². The molecule has 0 bridgehead atoms. The lowest BCUT2D eigenvalue weighted by molar-refractivity contribution is 0.0375. The highest BCUT2D eigenvalue weighted by Gasteiger charge is 2.30. The molecule has 0 saturated carbocycles. The maximum absolute atomic E-state index is 11.9. The summed E-state index contributed by atoms with van der Waals surface area (Å²) in [6.07, 6.45) is 0. The summed E-state index contributed by atoms with van der Waals surface area (Å²) in [6, 6.07) is 4.80. The first-order chi connectivity index (χ1) is 8.46. The van der Waals surface area contributed by atoms with Gasteiger partial charge >= 0.3 is 0 Å². The summed E-state index contributed by atoms with van der Waals surface area (Å²) in [5.74, 6) is -0.516. The van der Waals surface area contributed by atoms with Crippen molar-refractivity contribution >= 4 is 17.5 Å². The third-order valence-electron chi connectivity index (χ3n) is 2.59. The molecule has 0 unspecified atom stereocenters. The summed E-state index contributed by atoms with van der Waals surface area (Å²) in [4.78, 5) is 11.9. The van der Waals surface area contributed by atoms with Gasteiger partial charge in [0.05, 0.1) is 19.8 Å². The zero-order chi connectivity index (χ0) is 13.8. The highest BCUT2D eigenvalue weighted by Crippen LogP contribution is 2.15. The average molecular weight is 274 g/mol. The zero-order valence-corrected chi connectivity index (χ0v) is 10.7. The van der Waals surface area contributed by atoms with Crippen LogP contribution in [0.3, 0.4) is 0 Å². The number of carbonyl (C=O) groups is 1. The van der Waals surface area contributed by atoms with Crippen LogP contribution in [0.25, 0.3) is 0 Å². The van der Waals surface area contributed by atoms with Crippen LogP contribution in [0.15, 0.2) is 18.2 Å². The average Bonchev–Trinajstić information content (AvgIpc) is 2.35. The van der Waals surface area contributed by atoms with Crippen LogP contribution in [0.4, 0.5) is 0 Å². The van der Waals surface area contributed by atoms with Gasteiger partial charge < -0.3 is 20.6 Å². The molecule has 0 fully saturated rings. The minimum absolute atomic E-state index is 0.305. The SMILES string of the molecule is Cc1cc(Cl)cc(C(=O)NC(CO)(CO)CO)c1. The number of benzene rings is 1. The van der Waals surface area contributed by atoms with Gasteiger partial charge in [0.1, 0.15) is 5.54 Å². The van der Waals surface area contributed by atoms with Crippen molar-refractivity contribution in [2.75, 3.05) is 19.8 Å². The highest BCUT2D eigenvalue weighted by molar-refractivity contribution is 6.31. The predicted molar refractivity (Wildman–Crippen MR) is 67.6 cm³/mol. The molecule has 0 atom stereocenters. The van der Waals surface area contributed by atoms with Crippen molar-refractivity contribution < 1.29 is 20.1 Å². The molecule has 6 heteroatoms. The third-order valence-corrected chi connectivity index (χ3v) is 2.81. The first-order valence-corrected chi connectivity index (χ1v) is 5.76. The highest BCUT2D eigenvalue weighted by atomic mass is 35.5. The second-order valence-corrected chi connectivity index (χ2v) is 4.66. The minimum atomic E-state index is -1.44. The van der Waals surface area contributed by atoms with Gasteiger partial charge in [0, 0.05) is 10.6 Å². The number of hydrogen-bond acceptors (Lipinski definition) is 4. The van der Waals surface area contributed by atoms with E-state index in [2.05, 4.69) is 5.32 Å². The van der Waals surface area contributed by atoms with Gasteiger partial charge in [0.25, 0.3) is 5.91 Å². The Balaban J connectivity index is 2.94. The standard InChI is InChI=1S/C12H16ClNO4/c1-8-2-9(4-10(13)3-8)11(18)14-12(5-15,6-16)7-17/h2-4,15-17H,5-7H2,1H3,(H,14,18). The molecule has 18 heavy (non-hydrogen) atoms. The molecule has 0 radical (unpaired) electrons. The van der Waals surface area contributed by atoms with Gasteiger partial charge in [-0.15, -0.1) is 0 Å². The molecule has 5 nitrogen and oxygen atoms in total. The first-order valence-electron chi connectivity index (χ1n) is 5.38. The smallest absolute Gasteiger partial charge is 0.252 e. The van der Waals surface area contributed by atoms with Crippen LogP contribution in [-0.4, -0.2) is 46.6 Å². The monoisotopic (exact) mass is 273 g/mol. The van der Waals surface area contributed by atoms with E-state index in [-0.39, 0.29) is 0 Å². The molecular weight excluding hydrogens is 258 g/mol. The topological polar surface area (TPSA) is 89.8 Å². The number of halogens is 1.